The molecular formula is C21H25N3O3. The molecule has 2 aromatic carbocycles. The first-order valence-corrected chi connectivity index (χ1v) is 9.14. The van der Waals surface area contributed by atoms with E-state index in [0.717, 1.165) is 36.1 Å². The lowest BCUT2D eigenvalue weighted by Gasteiger charge is -2.19. The number of benzene rings is 2. The van der Waals surface area contributed by atoms with Crippen molar-refractivity contribution < 1.29 is 14.3 Å². The van der Waals surface area contributed by atoms with Crippen molar-refractivity contribution in [2.75, 3.05) is 14.2 Å². The molecule has 0 fully saturated rings. The second kappa shape index (κ2) is 8.58. The molecule has 3 aromatic rings. The number of nitrogens with zero attached hydrogens (tertiary/aromatic N) is 1. The zero-order valence-corrected chi connectivity index (χ0v) is 15.9. The molecule has 0 aliphatic rings. The highest BCUT2D eigenvalue weighted by Crippen LogP contribution is 2.29. The number of para-hydroxylation sites is 2. The van der Waals surface area contributed by atoms with Crippen molar-refractivity contribution in [1.29, 1.82) is 0 Å². The molecule has 1 aromatic heterocycles. The molecule has 0 aliphatic heterocycles. The van der Waals surface area contributed by atoms with Crippen molar-refractivity contribution in [3.05, 3.63) is 53.9 Å². The van der Waals surface area contributed by atoms with Gasteiger partial charge in [-0.3, -0.25) is 4.79 Å². The first-order valence-electron chi connectivity index (χ1n) is 9.14. The zero-order chi connectivity index (χ0) is 19.2. The van der Waals surface area contributed by atoms with Crippen LogP contribution in [-0.2, 0) is 0 Å². The molecule has 1 heterocycles. The van der Waals surface area contributed by atoms with Crippen LogP contribution in [0.5, 0.6) is 11.5 Å². The van der Waals surface area contributed by atoms with Gasteiger partial charge < -0.3 is 19.8 Å². The summed E-state index contributed by atoms with van der Waals surface area (Å²) in [5.41, 5.74) is 2.23. The van der Waals surface area contributed by atoms with E-state index in [1.54, 1.807) is 32.4 Å². The van der Waals surface area contributed by atoms with Crippen LogP contribution in [0, 0.1) is 0 Å². The number of nitrogens with one attached hydrogen (secondary N) is 2. The van der Waals surface area contributed by atoms with Crippen LogP contribution in [0.4, 0.5) is 0 Å². The van der Waals surface area contributed by atoms with Crippen LogP contribution in [-0.4, -0.2) is 30.1 Å². The first-order chi connectivity index (χ1) is 13.2. The molecule has 1 amide bonds. The molecule has 6 nitrogen and oxygen atoms in total. The van der Waals surface area contributed by atoms with Crippen LogP contribution in [0.25, 0.3) is 11.0 Å². The topological polar surface area (TPSA) is 76.2 Å². The summed E-state index contributed by atoms with van der Waals surface area (Å²) in [6.07, 6.45) is 2.80. The highest BCUT2D eigenvalue weighted by atomic mass is 16.5. The van der Waals surface area contributed by atoms with E-state index in [0.29, 0.717) is 17.1 Å². The summed E-state index contributed by atoms with van der Waals surface area (Å²) in [7, 11) is 3.08. The van der Waals surface area contributed by atoms with Gasteiger partial charge in [-0.05, 0) is 30.7 Å². The molecule has 0 spiro atoms. The SMILES string of the molecule is CCCCC(NC(=O)c1c(OC)cccc1OC)c1nc2ccccc2[nH]1. The summed E-state index contributed by atoms with van der Waals surface area (Å²) < 4.78 is 10.7. The van der Waals surface area contributed by atoms with Crippen molar-refractivity contribution in [1.82, 2.24) is 15.3 Å². The van der Waals surface area contributed by atoms with Crippen molar-refractivity contribution in [3.8, 4) is 11.5 Å². The number of carbonyl (C=O) groups excluding carboxylic acids is 1. The number of rotatable bonds is 8. The monoisotopic (exact) mass is 367 g/mol. The van der Waals surface area contributed by atoms with Gasteiger partial charge >= 0.3 is 0 Å². The number of imidazole rings is 1. The minimum absolute atomic E-state index is 0.223. The number of hydrogen-bond acceptors (Lipinski definition) is 4. The van der Waals surface area contributed by atoms with Crippen LogP contribution in [0.15, 0.2) is 42.5 Å². The Kier molecular flexibility index (Phi) is 5.96. The molecule has 142 valence electrons. The van der Waals surface area contributed by atoms with E-state index in [-0.39, 0.29) is 11.9 Å². The van der Waals surface area contributed by atoms with Gasteiger partial charge in [0.15, 0.2) is 0 Å². The maximum atomic E-state index is 13.1. The Morgan fingerprint density at radius 2 is 1.81 bits per heavy atom. The second-order valence-electron chi connectivity index (χ2n) is 6.35. The van der Waals surface area contributed by atoms with Crippen molar-refractivity contribution in [3.63, 3.8) is 0 Å². The number of unbranched alkanes of at least 4 members (excludes halogenated alkanes) is 1. The Balaban J connectivity index is 1.92. The van der Waals surface area contributed by atoms with E-state index in [2.05, 4.69) is 22.2 Å². The Morgan fingerprint density at radius 3 is 2.44 bits per heavy atom. The molecule has 27 heavy (non-hydrogen) atoms. The molecule has 0 radical (unpaired) electrons. The Bertz CT molecular complexity index is 865. The quantitative estimate of drug-likeness (QED) is 0.624. The molecule has 2 N–H and O–H groups in total. The molecule has 6 heteroatoms. The Hall–Kier alpha value is -3.02. The van der Waals surface area contributed by atoms with Gasteiger partial charge in [0.1, 0.15) is 22.9 Å². The number of aromatic nitrogens is 2. The maximum absolute atomic E-state index is 13.1. The fourth-order valence-corrected chi connectivity index (χ4v) is 3.13. The third kappa shape index (κ3) is 4.05. The number of ether oxygens (including phenoxy) is 2. The highest BCUT2D eigenvalue weighted by molar-refractivity contribution is 6.00. The average Bonchev–Trinajstić information content (AvgIpc) is 3.14. The van der Waals surface area contributed by atoms with Crippen LogP contribution in [0.2, 0.25) is 0 Å². The molecule has 1 atom stereocenters. The third-order valence-corrected chi connectivity index (χ3v) is 4.54. The van der Waals surface area contributed by atoms with Crippen LogP contribution in [0.3, 0.4) is 0 Å². The molecule has 0 saturated heterocycles. The van der Waals surface area contributed by atoms with E-state index >= 15 is 0 Å². The number of carbonyl (C=O) groups is 1. The van der Waals surface area contributed by atoms with Gasteiger partial charge in [0.2, 0.25) is 0 Å². The number of fused-ring (bicyclic) bond motifs is 1. The smallest absolute Gasteiger partial charge is 0.259 e. The van der Waals surface area contributed by atoms with E-state index < -0.39 is 0 Å². The third-order valence-electron chi connectivity index (χ3n) is 4.54. The van der Waals surface area contributed by atoms with Crippen molar-refractivity contribution >= 4 is 16.9 Å². The predicted octanol–water partition coefficient (Wildman–Crippen LogP) is 4.24. The van der Waals surface area contributed by atoms with Gasteiger partial charge in [0, 0.05) is 0 Å². The number of aromatic amines is 1. The minimum atomic E-state index is -0.245. The molecule has 0 saturated carbocycles. The maximum Gasteiger partial charge on any atom is 0.259 e. The fourth-order valence-electron chi connectivity index (χ4n) is 3.13. The minimum Gasteiger partial charge on any atom is -0.496 e. The van der Waals surface area contributed by atoms with Crippen LogP contribution in [0.1, 0.15) is 48.4 Å². The summed E-state index contributed by atoms with van der Waals surface area (Å²) in [5.74, 6) is 1.47. The van der Waals surface area contributed by atoms with E-state index in [1.807, 2.05) is 24.3 Å². The number of H-pyrrole nitrogens is 1. The summed E-state index contributed by atoms with van der Waals surface area (Å²) >= 11 is 0. The molecule has 1 unspecified atom stereocenters. The lowest BCUT2D eigenvalue weighted by molar-refractivity contribution is 0.0926. The molecule has 0 bridgehead atoms. The predicted molar refractivity (Wildman–Crippen MR) is 105 cm³/mol. The van der Waals surface area contributed by atoms with Gasteiger partial charge in [0.25, 0.3) is 5.91 Å². The highest BCUT2D eigenvalue weighted by Gasteiger charge is 2.23. The largest absolute Gasteiger partial charge is 0.496 e. The lowest BCUT2D eigenvalue weighted by Crippen LogP contribution is -2.30. The second-order valence-corrected chi connectivity index (χ2v) is 6.35. The summed E-state index contributed by atoms with van der Waals surface area (Å²) in [6, 6.07) is 12.9. The van der Waals surface area contributed by atoms with Gasteiger partial charge in [-0.25, -0.2) is 4.98 Å². The number of methoxy groups -OCH3 is 2. The van der Waals surface area contributed by atoms with Gasteiger partial charge in [-0.2, -0.15) is 0 Å². The van der Waals surface area contributed by atoms with E-state index in [4.69, 9.17) is 9.47 Å². The summed E-state index contributed by atoms with van der Waals surface area (Å²) in [5, 5.41) is 3.10. The lowest BCUT2D eigenvalue weighted by atomic mass is 10.1. The number of amides is 1. The van der Waals surface area contributed by atoms with Crippen LogP contribution >= 0.6 is 0 Å². The van der Waals surface area contributed by atoms with Gasteiger partial charge in [-0.15, -0.1) is 0 Å². The Morgan fingerprint density at radius 1 is 1.11 bits per heavy atom. The average molecular weight is 367 g/mol. The van der Waals surface area contributed by atoms with Gasteiger partial charge in [-0.1, -0.05) is 38.0 Å². The van der Waals surface area contributed by atoms with E-state index in [1.165, 1.54) is 0 Å². The van der Waals surface area contributed by atoms with Crippen molar-refractivity contribution in [2.45, 2.75) is 32.2 Å². The normalized spacial score (nSPS) is 12.0. The van der Waals surface area contributed by atoms with Crippen molar-refractivity contribution in [2.24, 2.45) is 0 Å². The Labute approximate surface area is 158 Å². The summed E-state index contributed by atoms with van der Waals surface area (Å²) in [6.45, 7) is 2.13. The van der Waals surface area contributed by atoms with Crippen LogP contribution < -0.4 is 14.8 Å². The molecule has 0 aliphatic carbocycles. The summed E-state index contributed by atoms with van der Waals surface area (Å²) in [4.78, 5) is 21.0. The zero-order valence-electron chi connectivity index (χ0n) is 15.9. The molecular weight excluding hydrogens is 342 g/mol. The van der Waals surface area contributed by atoms with E-state index in [9.17, 15) is 4.79 Å². The standard InChI is InChI=1S/C21H25N3O3/c1-4-5-9-16(20-22-14-10-6-7-11-15(14)23-20)24-21(25)19-17(26-2)12-8-13-18(19)27-3/h6-8,10-13,16H,4-5,9H2,1-3H3,(H,22,23)(H,24,25). The van der Waals surface area contributed by atoms with Gasteiger partial charge in [0.05, 0.1) is 31.3 Å². The first kappa shape index (κ1) is 18.8. The number of hydrogen-bond donors (Lipinski definition) is 2. The molecule has 3 rings (SSSR count). The fraction of sp³-hybridized carbons (Fsp3) is 0.333.